The van der Waals surface area contributed by atoms with Crippen molar-refractivity contribution in [3.63, 3.8) is 0 Å². The Hall–Kier alpha value is -2.98. The number of carbonyl (C=O) groups excluding carboxylic acids is 4. The van der Waals surface area contributed by atoms with Gasteiger partial charge < -0.3 is 33.8 Å². The number of hydrogen-bond acceptors (Lipinski definition) is 15. The molecular formula is C81H150O17P2. The number of ether oxygens (including phenoxy) is 4. The zero-order chi connectivity index (χ0) is 73.2. The molecule has 3 N–H and O–H groups in total. The Morgan fingerprint density at radius 1 is 0.280 bits per heavy atom. The van der Waals surface area contributed by atoms with E-state index in [4.69, 9.17) is 37.0 Å². The second kappa shape index (κ2) is 74.3. The average Bonchev–Trinajstić information content (AvgIpc) is 0.966. The topological polar surface area (TPSA) is 237 Å². The van der Waals surface area contributed by atoms with Crippen molar-refractivity contribution in [3.05, 3.63) is 48.6 Å². The molecule has 0 saturated carbocycles. The summed E-state index contributed by atoms with van der Waals surface area (Å²) in [6.07, 6.45) is 72.3. The fourth-order valence-corrected chi connectivity index (χ4v) is 13.1. The number of hydrogen-bond donors (Lipinski definition) is 3. The van der Waals surface area contributed by atoms with Crippen molar-refractivity contribution in [1.82, 2.24) is 0 Å². The van der Waals surface area contributed by atoms with Crippen LogP contribution in [0, 0.1) is 0 Å². The number of aliphatic hydroxyl groups excluding tert-OH is 1. The molecule has 0 aliphatic rings. The van der Waals surface area contributed by atoms with E-state index in [2.05, 4.69) is 76.3 Å². The van der Waals surface area contributed by atoms with Crippen molar-refractivity contribution < 1.29 is 80.2 Å². The monoisotopic (exact) mass is 1460 g/mol. The summed E-state index contributed by atoms with van der Waals surface area (Å²) in [6.45, 7) is 4.89. The lowest BCUT2D eigenvalue weighted by Crippen LogP contribution is -2.30. The first-order valence-electron chi connectivity index (χ1n) is 40.9. The predicted octanol–water partition coefficient (Wildman–Crippen LogP) is 23.7. The Morgan fingerprint density at radius 2 is 0.480 bits per heavy atom. The number of phosphoric acid groups is 2. The smallest absolute Gasteiger partial charge is 0.462 e. The molecule has 0 fully saturated rings. The highest BCUT2D eigenvalue weighted by Gasteiger charge is 2.30. The molecule has 0 heterocycles. The molecular weight excluding hydrogens is 1310 g/mol. The van der Waals surface area contributed by atoms with E-state index in [0.717, 1.165) is 122 Å². The Kier molecular flexibility index (Phi) is 72.1. The summed E-state index contributed by atoms with van der Waals surface area (Å²) < 4.78 is 68.6. The van der Waals surface area contributed by atoms with Crippen molar-refractivity contribution in [2.45, 2.75) is 406 Å². The highest BCUT2D eigenvalue weighted by molar-refractivity contribution is 7.47. The molecule has 0 aromatic carbocycles. The van der Waals surface area contributed by atoms with Gasteiger partial charge in [0.2, 0.25) is 0 Å². The number of esters is 4. The fourth-order valence-electron chi connectivity index (χ4n) is 11.6. The largest absolute Gasteiger partial charge is 0.472 e. The minimum Gasteiger partial charge on any atom is -0.462 e. The fraction of sp³-hybridized carbons (Fsp3) is 0.852. The molecule has 0 aromatic heterocycles. The van der Waals surface area contributed by atoms with Crippen LogP contribution in [0.3, 0.4) is 0 Å². The van der Waals surface area contributed by atoms with Crippen LogP contribution in [0.15, 0.2) is 48.6 Å². The van der Waals surface area contributed by atoms with E-state index < -0.39 is 97.5 Å². The Bertz CT molecular complexity index is 2080. The van der Waals surface area contributed by atoms with E-state index in [9.17, 15) is 43.2 Å². The van der Waals surface area contributed by atoms with E-state index in [1.54, 1.807) is 0 Å². The first-order chi connectivity index (χ1) is 48.7. The maximum Gasteiger partial charge on any atom is 0.472 e. The van der Waals surface area contributed by atoms with Crippen LogP contribution >= 0.6 is 15.6 Å². The summed E-state index contributed by atoms with van der Waals surface area (Å²) in [5, 5.41) is 10.6. The van der Waals surface area contributed by atoms with Gasteiger partial charge in [0.1, 0.15) is 19.3 Å². The second-order valence-electron chi connectivity index (χ2n) is 27.8. The van der Waals surface area contributed by atoms with E-state index in [0.29, 0.717) is 25.7 Å². The van der Waals surface area contributed by atoms with Gasteiger partial charge in [-0.05, 0) is 77.0 Å². The van der Waals surface area contributed by atoms with Gasteiger partial charge in [-0.15, -0.1) is 0 Å². The lowest BCUT2D eigenvalue weighted by Gasteiger charge is -2.21. The maximum atomic E-state index is 13.1. The first kappa shape index (κ1) is 97.0. The summed E-state index contributed by atoms with van der Waals surface area (Å²) in [6, 6.07) is 0. The van der Waals surface area contributed by atoms with Crippen LogP contribution in [0.2, 0.25) is 0 Å². The number of aliphatic hydroxyl groups is 1. The van der Waals surface area contributed by atoms with E-state index in [1.807, 2.05) is 0 Å². The third-order valence-electron chi connectivity index (χ3n) is 17.9. The quantitative estimate of drug-likeness (QED) is 0.0169. The third kappa shape index (κ3) is 73.3. The first-order valence-corrected chi connectivity index (χ1v) is 43.9. The molecule has 0 amide bonds. The molecule has 100 heavy (non-hydrogen) atoms. The third-order valence-corrected chi connectivity index (χ3v) is 19.8. The summed E-state index contributed by atoms with van der Waals surface area (Å²) >= 11 is 0. The molecule has 5 atom stereocenters. The van der Waals surface area contributed by atoms with Crippen molar-refractivity contribution in [2.24, 2.45) is 0 Å². The number of phosphoric ester groups is 2. The maximum absolute atomic E-state index is 13.1. The molecule has 0 aliphatic carbocycles. The van der Waals surface area contributed by atoms with Crippen LogP contribution in [-0.4, -0.2) is 96.7 Å². The molecule has 17 nitrogen and oxygen atoms in total. The Morgan fingerprint density at radius 3 is 0.730 bits per heavy atom. The summed E-state index contributed by atoms with van der Waals surface area (Å²) in [5.41, 5.74) is 0. The van der Waals surface area contributed by atoms with Crippen molar-refractivity contribution >= 4 is 39.5 Å². The Labute approximate surface area is 610 Å². The van der Waals surface area contributed by atoms with Crippen LogP contribution in [0.5, 0.6) is 0 Å². The number of allylic oxidation sites excluding steroid dienone is 8. The van der Waals surface area contributed by atoms with Gasteiger partial charge in [-0.25, -0.2) is 9.13 Å². The lowest BCUT2D eigenvalue weighted by molar-refractivity contribution is -0.161. The van der Waals surface area contributed by atoms with Gasteiger partial charge in [-0.1, -0.05) is 333 Å². The minimum atomic E-state index is -4.97. The second-order valence-corrected chi connectivity index (χ2v) is 30.7. The molecule has 0 bridgehead atoms. The van der Waals surface area contributed by atoms with Gasteiger partial charge in [-0.3, -0.25) is 37.3 Å². The molecule has 0 aliphatic heterocycles. The summed E-state index contributed by atoms with van der Waals surface area (Å²) in [4.78, 5) is 73.0. The SMILES string of the molecule is CCCCCC/C=C\C=C/CCCCCCCC(=O)OC[C@H](COP(=O)(O)OC[C@@H](O)COP(=O)(O)OC[C@@H](COC(=O)CCCCCCCCCCCCC)OC(=O)CCCCCCC/C=C\C=C/CCCCCC)OC(=O)CCCCCCCCCCCCCCCCCCCCC. The molecule has 0 aromatic rings. The molecule has 19 heteroatoms. The standard InChI is InChI=1S/C81H150O17P2/c1-5-9-13-17-21-25-29-32-35-36-37-38-41-44-48-52-56-60-64-68-81(86)98-77(72-92-79(84)66-62-58-54-50-46-42-39-33-30-26-22-18-14-10-6-2)74-96-100(89,90)94-70-75(82)69-93-99(87,88)95-73-76(71-91-78(83)65-61-57-53-49-45-28-24-20-16-12-8-4)97-80(85)67-63-59-55-51-47-43-40-34-31-27-23-19-15-11-7-3/h26-27,30-31,33-34,39-40,75-77,82H,5-25,28-29,32,35-38,41-74H2,1-4H3,(H,87,88)(H,89,90)/b30-26-,31-27-,39-33-,40-34-/t75-,76+,77+/m0/s1. The zero-order valence-corrected chi connectivity index (χ0v) is 65.9. The average molecular weight is 1460 g/mol. The molecule has 0 spiro atoms. The van der Waals surface area contributed by atoms with Crippen LogP contribution in [0.4, 0.5) is 0 Å². The van der Waals surface area contributed by atoms with Crippen LogP contribution in [-0.2, 0) is 65.4 Å². The zero-order valence-electron chi connectivity index (χ0n) is 64.1. The highest BCUT2D eigenvalue weighted by Crippen LogP contribution is 2.45. The van der Waals surface area contributed by atoms with Gasteiger partial charge in [0.05, 0.1) is 26.4 Å². The van der Waals surface area contributed by atoms with Crippen LogP contribution < -0.4 is 0 Å². The van der Waals surface area contributed by atoms with Gasteiger partial charge in [0.25, 0.3) is 0 Å². The van der Waals surface area contributed by atoms with Gasteiger partial charge in [0, 0.05) is 25.7 Å². The van der Waals surface area contributed by atoms with Gasteiger partial charge in [-0.2, -0.15) is 0 Å². The molecule has 2 unspecified atom stereocenters. The summed E-state index contributed by atoms with van der Waals surface area (Å²) in [7, 11) is -9.94. The Balaban J connectivity index is 5.31. The minimum absolute atomic E-state index is 0.0834. The van der Waals surface area contributed by atoms with Crippen molar-refractivity contribution in [1.29, 1.82) is 0 Å². The number of unbranched alkanes of at least 4 members (excludes halogenated alkanes) is 46. The summed E-state index contributed by atoms with van der Waals surface area (Å²) in [5.74, 6) is -2.17. The van der Waals surface area contributed by atoms with Crippen molar-refractivity contribution in [3.8, 4) is 0 Å². The number of rotatable bonds is 78. The van der Waals surface area contributed by atoms with Crippen LogP contribution in [0.25, 0.3) is 0 Å². The van der Waals surface area contributed by atoms with E-state index >= 15 is 0 Å². The van der Waals surface area contributed by atoms with E-state index in [-0.39, 0.29) is 25.7 Å². The van der Waals surface area contributed by atoms with Gasteiger partial charge in [0.15, 0.2) is 12.2 Å². The highest BCUT2D eigenvalue weighted by atomic mass is 31.2. The predicted molar refractivity (Wildman–Crippen MR) is 409 cm³/mol. The lowest BCUT2D eigenvalue weighted by atomic mass is 10.0. The molecule has 0 rings (SSSR count). The normalized spacial score (nSPS) is 14.1. The number of carbonyl (C=O) groups is 4. The van der Waals surface area contributed by atoms with Crippen LogP contribution in [0.1, 0.15) is 387 Å². The molecule has 586 valence electrons. The van der Waals surface area contributed by atoms with E-state index in [1.165, 1.54) is 186 Å². The van der Waals surface area contributed by atoms with Gasteiger partial charge >= 0.3 is 39.5 Å². The molecule has 0 radical (unpaired) electrons. The van der Waals surface area contributed by atoms with Crippen molar-refractivity contribution in [2.75, 3.05) is 39.6 Å². The molecule has 0 saturated heterocycles.